The van der Waals surface area contributed by atoms with Crippen LogP contribution < -0.4 is 11.2 Å². The third-order valence-electron chi connectivity index (χ3n) is 7.04. The van der Waals surface area contributed by atoms with E-state index < -0.39 is 5.69 Å². The first-order valence-electron chi connectivity index (χ1n) is 12.2. The van der Waals surface area contributed by atoms with E-state index in [2.05, 4.69) is 33.6 Å². The van der Waals surface area contributed by atoms with Gasteiger partial charge in [-0.15, -0.1) is 11.8 Å². The maximum atomic E-state index is 13.8. The molecule has 0 amide bonds. The second-order valence-electron chi connectivity index (χ2n) is 9.56. The Morgan fingerprint density at radius 2 is 1.97 bits per heavy atom. The molecule has 8 heteroatoms. The monoisotopic (exact) mass is 470 g/mol. The van der Waals surface area contributed by atoms with Gasteiger partial charge in [-0.2, -0.15) is 0 Å². The third-order valence-corrected chi connectivity index (χ3v) is 7.04. The number of aliphatic imine (C=N–C) groups is 1. The number of aromatic nitrogens is 4. The minimum Gasteiger partial charge on any atom is -0.359 e. The van der Waals surface area contributed by atoms with E-state index in [4.69, 9.17) is 4.99 Å². The van der Waals surface area contributed by atoms with Gasteiger partial charge >= 0.3 is 5.69 Å². The van der Waals surface area contributed by atoms with Crippen LogP contribution in [-0.4, -0.2) is 42.9 Å². The Hall–Kier alpha value is -3.73. The summed E-state index contributed by atoms with van der Waals surface area (Å²) in [6.07, 6.45) is 2.77. The molecule has 8 nitrogen and oxygen atoms in total. The topological polar surface area (TPSA) is 85.4 Å². The molecule has 0 radical (unpaired) electrons. The smallest absolute Gasteiger partial charge is 0.332 e. The normalized spacial score (nSPS) is 19.3. The number of amidine groups is 1. The van der Waals surface area contributed by atoms with Gasteiger partial charge in [-0.1, -0.05) is 25.1 Å². The molecule has 0 spiro atoms. The van der Waals surface area contributed by atoms with Crippen molar-refractivity contribution in [3.05, 3.63) is 62.2 Å². The van der Waals surface area contributed by atoms with Gasteiger partial charge in [-0.05, 0) is 38.7 Å². The molecular weight excluding hydrogens is 440 g/mol. The van der Waals surface area contributed by atoms with Crippen molar-refractivity contribution in [2.24, 2.45) is 18.0 Å². The SMILES string of the molecule is CC#CCC1C(N2CCC[C@@H](C)C2)=Nc2c1c(=O)n(Cc1nc(C)c3ccccc3n1)c(=O)n2C. The first-order valence-corrected chi connectivity index (χ1v) is 12.2. The van der Waals surface area contributed by atoms with Crippen LogP contribution in [0.4, 0.5) is 5.82 Å². The molecule has 5 rings (SSSR count). The highest BCUT2D eigenvalue weighted by atomic mass is 16.2. The van der Waals surface area contributed by atoms with E-state index in [0.717, 1.165) is 41.9 Å². The minimum atomic E-state index is -0.416. The molecule has 2 aromatic heterocycles. The summed E-state index contributed by atoms with van der Waals surface area (Å²) in [5.74, 6) is 8.16. The van der Waals surface area contributed by atoms with E-state index in [0.29, 0.717) is 29.5 Å². The van der Waals surface area contributed by atoms with Crippen LogP contribution in [0.5, 0.6) is 0 Å². The second-order valence-corrected chi connectivity index (χ2v) is 9.56. The lowest BCUT2D eigenvalue weighted by Gasteiger charge is -2.34. The van der Waals surface area contributed by atoms with Crippen LogP contribution in [0.25, 0.3) is 10.9 Å². The Balaban J connectivity index is 1.60. The minimum absolute atomic E-state index is 0.00667. The molecule has 2 atom stereocenters. The summed E-state index contributed by atoms with van der Waals surface area (Å²) >= 11 is 0. The predicted octanol–water partition coefficient (Wildman–Crippen LogP) is 3.12. The van der Waals surface area contributed by atoms with Gasteiger partial charge in [0.25, 0.3) is 5.56 Å². The number of piperidine rings is 1. The molecule has 2 aliphatic rings. The van der Waals surface area contributed by atoms with Gasteiger partial charge in [0.2, 0.25) is 0 Å². The average molecular weight is 471 g/mol. The fourth-order valence-electron chi connectivity index (χ4n) is 5.27. The zero-order valence-electron chi connectivity index (χ0n) is 20.7. The van der Waals surface area contributed by atoms with Gasteiger partial charge in [0, 0.05) is 37.6 Å². The third kappa shape index (κ3) is 4.05. The summed E-state index contributed by atoms with van der Waals surface area (Å²) in [5, 5.41) is 0.956. The molecule has 0 N–H and O–H groups in total. The van der Waals surface area contributed by atoms with Crippen LogP contribution in [-0.2, 0) is 13.6 Å². The van der Waals surface area contributed by atoms with E-state index in [-0.39, 0.29) is 18.0 Å². The summed E-state index contributed by atoms with van der Waals surface area (Å²) < 4.78 is 2.73. The number of likely N-dealkylation sites (tertiary alicyclic amines) is 1. The van der Waals surface area contributed by atoms with Gasteiger partial charge in [0.05, 0.1) is 23.5 Å². The number of fused-ring (bicyclic) bond motifs is 2. The number of nitrogens with zero attached hydrogens (tertiary/aromatic N) is 6. The van der Waals surface area contributed by atoms with Crippen LogP contribution in [0.3, 0.4) is 0 Å². The molecule has 180 valence electrons. The number of benzene rings is 1. The molecule has 1 fully saturated rings. The number of rotatable bonds is 3. The molecule has 0 saturated carbocycles. The van der Waals surface area contributed by atoms with Crippen molar-refractivity contribution in [2.45, 2.75) is 52.5 Å². The Kier molecular flexibility index (Phi) is 6.01. The molecule has 1 saturated heterocycles. The van der Waals surface area contributed by atoms with Crippen LogP contribution >= 0.6 is 0 Å². The van der Waals surface area contributed by atoms with Crippen LogP contribution in [0.2, 0.25) is 0 Å². The van der Waals surface area contributed by atoms with Crippen molar-refractivity contribution >= 4 is 22.6 Å². The fourth-order valence-corrected chi connectivity index (χ4v) is 5.27. The zero-order valence-corrected chi connectivity index (χ0v) is 20.7. The van der Waals surface area contributed by atoms with E-state index in [9.17, 15) is 9.59 Å². The molecule has 1 unspecified atom stereocenters. The fraction of sp³-hybridized carbons (Fsp3) is 0.444. The number of hydrogen-bond acceptors (Lipinski definition) is 6. The second kappa shape index (κ2) is 9.14. The Labute approximate surface area is 204 Å². The average Bonchev–Trinajstić information content (AvgIpc) is 3.24. The Bertz CT molecular complexity index is 1520. The lowest BCUT2D eigenvalue weighted by molar-refractivity contribution is 0.268. The van der Waals surface area contributed by atoms with Gasteiger partial charge in [0.15, 0.2) is 0 Å². The van der Waals surface area contributed by atoms with Crippen LogP contribution in [0.1, 0.15) is 56.1 Å². The van der Waals surface area contributed by atoms with Crippen LogP contribution in [0, 0.1) is 24.7 Å². The lowest BCUT2D eigenvalue weighted by Crippen LogP contribution is -2.43. The highest BCUT2D eigenvalue weighted by molar-refractivity contribution is 5.96. The molecular formula is C27H30N6O2. The summed E-state index contributed by atoms with van der Waals surface area (Å²) in [7, 11) is 1.68. The molecule has 0 aliphatic carbocycles. The van der Waals surface area contributed by atoms with Gasteiger partial charge in [0.1, 0.15) is 17.5 Å². The van der Waals surface area contributed by atoms with Crippen molar-refractivity contribution in [2.75, 3.05) is 13.1 Å². The summed E-state index contributed by atoms with van der Waals surface area (Å²) in [4.78, 5) is 43.5. The maximum absolute atomic E-state index is 13.8. The first-order chi connectivity index (χ1) is 16.9. The Morgan fingerprint density at radius 1 is 1.17 bits per heavy atom. The summed E-state index contributed by atoms with van der Waals surface area (Å²) in [5.41, 5.74) is 1.41. The number of aryl methyl sites for hydroxylation is 1. The van der Waals surface area contributed by atoms with Gasteiger partial charge in [-0.25, -0.2) is 19.8 Å². The van der Waals surface area contributed by atoms with Crippen molar-refractivity contribution in [1.29, 1.82) is 0 Å². The highest BCUT2D eigenvalue weighted by Gasteiger charge is 2.37. The largest absolute Gasteiger partial charge is 0.359 e. The molecule has 3 aromatic rings. The van der Waals surface area contributed by atoms with E-state index in [1.165, 1.54) is 15.6 Å². The van der Waals surface area contributed by atoms with Crippen molar-refractivity contribution < 1.29 is 0 Å². The predicted molar refractivity (Wildman–Crippen MR) is 137 cm³/mol. The quantitative estimate of drug-likeness (QED) is 0.549. The first kappa shape index (κ1) is 23.0. The van der Waals surface area contributed by atoms with Crippen LogP contribution in [0.15, 0.2) is 38.8 Å². The highest BCUT2D eigenvalue weighted by Crippen LogP contribution is 2.36. The Morgan fingerprint density at radius 3 is 2.74 bits per heavy atom. The maximum Gasteiger partial charge on any atom is 0.332 e. The standard InChI is InChI=1S/C27H30N6O2/c1-5-6-11-20-23-25(30-24(20)32-14-9-10-17(2)15-32)31(4)27(35)33(26(23)34)16-22-28-18(3)19-12-7-8-13-21(19)29-22/h7-8,12-13,17,20H,9-11,14-16H2,1-4H3/t17-,20?/m1/s1. The van der Waals surface area contributed by atoms with Gasteiger partial charge in [-0.3, -0.25) is 13.9 Å². The molecule has 4 heterocycles. The summed E-state index contributed by atoms with van der Waals surface area (Å²) in [6, 6.07) is 7.74. The molecule has 1 aromatic carbocycles. The molecule has 0 bridgehead atoms. The number of hydrogen-bond donors (Lipinski definition) is 0. The lowest BCUT2D eigenvalue weighted by atomic mass is 9.94. The molecule has 2 aliphatic heterocycles. The van der Waals surface area contributed by atoms with Crippen molar-refractivity contribution in [1.82, 2.24) is 24.0 Å². The summed E-state index contributed by atoms with van der Waals surface area (Å²) in [6.45, 7) is 7.76. The van der Waals surface area contributed by atoms with Crippen molar-refractivity contribution in [3.63, 3.8) is 0 Å². The number of para-hydroxylation sites is 1. The van der Waals surface area contributed by atoms with Gasteiger partial charge < -0.3 is 4.90 Å². The zero-order chi connectivity index (χ0) is 24.7. The molecule has 35 heavy (non-hydrogen) atoms. The van der Waals surface area contributed by atoms with Crippen molar-refractivity contribution in [3.8, 4) is 11.8 Å². The van der Waals surface area contributed by atoms with E-state index in [1.807, 2.05) is 31.2 Å². The van der Waals surface area contributed by atoms with E-state index in [1.54, 1.807) is 14.0 Å². The van der Waals surface area contributed by atoms with E-state index >= 15 is 0 Å².